The van der Waals surface area contributed by atoms with Crippen LogP contribution in [0.2, 0.25) is 0 Å². The van der Waals surface area contributed by atoms with Crippen molar-refractivity contribution in [2.24, 2.45) is 5.41 Å². The molecule has 2 N–H and O–H groups in total. The zero-order valence-electron chi connectivity index (χ0n) is 11.8. The molecule has 1 unspecified atom stereocenters. The van der Waals surface area contributed by atoms with Crippen LogP contribution in [0, 0.1) is 5.41 Å². The molecule has 0 aliphatic heterocycles. The Morgan fingerprint density at radius 3 is 2.67 bits per heavy atom. The highest BCUT2D eigenvalue weighted by molar-refractivity contribution is 9.11. The first-order valence-corrected chi connectivity index (χ1v) is 9.78. The zero-order valence-corrected chi connectivity index (χ0v) is 15.1. The second kappa shape index (κ2) is 5.98. The fraction of sp³-hybridized carbons (Fsp3) is 0.615. The minimum absolute atomic E-state index is 0.00477. The average molecular weight is 396 g/mol. The van der Waals surface area contributed by atoms with E-state index >= 15 is 0 Å². The van der Waals surface area contributed by atoms with Crippen LogP contribution in [0.1, 0.15) is 49.2 Å². The third-order valence-electron chi connectivity index (χ3n) is 3.96. The highest BCUT2D eigenvalue weighted by atomic mass is 79.9. The van der Waals surface area contributed by atoms with Gasteiger partial charge in [0.2, 0.25) is 10.0 Å². The first-order chi connectivity index (χ1) is 9.63. The van der Waals surface area contributed by atoms with Crippen LogP contribution in [0.15, 0.2) is 14.7 Å². The Balaban J connectivity index is 2.28. The normalized spacial score (nSPS) is 22.1. The van der Waals surface area contributed by atoms with Gasteiger partial charge in [-0.2, -0.15) is 0 Å². The zero-order chi connectivity index (χ0) is 15.8. The number of sulfonamides is 1. The lowest BCUT2D eigenvalue weighted by Gasteiger charge is -2.38. The summed E-state index contributed by atoms with van der Waals surface area (Å²) < 4.78 is 28.1. The smallest absolute Gasteiger partial charge is 0.345 e. The van der Waals surface area contributed by atoms with Gasteiger partial charge in [-0.15, -0.1) is 11.3 Å². The van der Waals surface area contributed by atoms with E-state index in [1.807, 2.05) is 0 Å². The molecular weight excluding hydrogens is 378 g/mol. The van der Waals surface area contributed by atoms with E-state index in [4.69, 9.17) is 5.11 Å². The van der Waals surface area contributed by atoms with Crippen molar-refractivity contribution in [1.82, 2.24) is 4.72 Å². The molecule has 1 aromatic heterocycles. The molecule has 1 atom stereocenters. The lowest BCUT2D eigenvalue weighted by Crippen LogP contribution is -2.46. The first-order valence-electron chi connectivity index (χ1n) is 6.68. The van der Waals surface area contributed by atoms with E-state index in [1.54, 1.807) is 0 Å². The summed E-state index contributed by atoms with van der Waals surface area (Å²) in [5.74, 6) is -1.12. The summed E-state index contributed by atoms with van der Waals surface area (Å²) in [6.45, 7) is 4.12. The monoisotopic (exact) mass is 395 g/mol. The van der Waals surface area contributed by atoms with E-state index in [2.05, 4.69) is 34.5 Å². The second-order valence-corrected chi connectivity index (χ2v) is 10.0. The van der Waals surface area contributed by atoms with E-state index in [0.29, 0.717) is 3.79 Å². The average Bonchev–Trinajstić information content (AvgIpc) is 2.75. The van der Waals surface area contributed by atoms with Gasteiger partial charge in [0.05, 0.1) is 3.79 Å². The van der Waals surface area contributed by atoms with Gasteiger partial charge in [0, 0.05) is 6.04 Å². The Kier molecular flexibility index (Phi) is 4.82. The summed E-state index contributed by atoms with van der Waals surface area (Å²) in [5, 5.41) is 8.97. The fourth-order valence-corrected chi connectivity index (χ4v) is 6.45. The third-order valence-corrected chi connectivity index (χ3v) is 7.67. The second-order valence-electron chi connectivity index (χ2n) is 5.96. The maximum absolute atomic E-state index is 12.5. The maximum Gasteiger partial charge on any atom is 0.345 e. The molecular formula is C13H18BrNO4S2. The molecule has 8 heteroatoms. The number of hydrogen-bond donors (Lipinski definition) is 2. The molecule has 1 fully saturated rings. The van der Waals surface area contributed by atoms with Gasteiger partial charge in [0.25, 0.3) is 0 Å². The molecule has 0 amide bonds. The third kappa shape index (κ3) is 3.67. The van der Waals surface area contributed by atoms with Crippen molar-refractivity contribution in [1.29, 1.82) is 0 Å². The van der Waals surface area contributed by atoms with Gasteiger partial charge in [-0.05, 0) is 40.3 Å². The fourth-order valence-electron chi connectivity index (χ4n) is 2.60. The van der Waals surface area contributed by atoms with E-state index in [-0.39, 0.29) is 21.2 Å². The van der Waals surface area contributed by atoms with Crippen LogP contribution < -0.4 is 4.72 Å². The maximum atomic E-state index is 12.5. The highest BCUT2D eigenvalue weighted by Gasteiger charge is 2.36. The quantitative estimate of drug-likeness (QED) is 0.817. The summed E-state index contributed by atoms with van der Waals surface area (Å²) >= 11 is 4.06. The van der Waals surface area contributed by atoms with Gasteiger partial charge in [-0.25, -0.2) is 17.9 Å². The molecule has 0 aromatic carbocycles. The number of nitrogens with one attached hydrogen (secondary N) is 1. The van der Waals surface area contributed by atoms with Crippen molar-refractivity contribution in [2.75, 3.05) is 0 Å². The summed E-state index contributed by atoms with van der Waals surface area (Å²) in [6, 6.07) is 1.08. The van der Waals surface area contributed by atoms with Gasteiger partial charge < -0.3 is 5.11 Å². The van der Waals surface area contributed by atoms with Crippen LogP contribution in [0.3, 0.4) is 0 Å². The van der Waals surface area contributed by atoms with Gasteiger partial charge in [0.1, 0.15) is 9.77 Å². The van der Waals surface area contributed by atoms with E-state index in [9.17, 15) is 13.2 Å². The van der Waals surface area contributed by atoms with Crippen molar-refractivity contribution >= 4 is 43.3 Å². The Hall–Kier alpha value is -0.440. The molecule has 0 radical (unpaired) electrons. The molecule has 21 heavy (non-hydrogen) atoms. The Morgan fingerprint density at radius 1 is 1.48 bits per heavy atom. The number of carboxylic acid groups (broad SMARTS) is 1. The molecule has 5 nitrogen and oxygen atoms in total. The van der Waals surface area contributed by atoms with Crippen LogP contribution in [0.5, 0.6) is 0 Å². The Morgan fingerprint density at radius 2 is 2.14 bits per heavy atom. The van der Waals surface area contributed by atoms with E-state index in [0.717, 1.165) is 37.0 Å². The molecule has 1 saturated carbocycles. The highest BCUT2D eigenvalue weighted by Crippen LogP contribution is 2.37. The lowest BCUT2D eigenvalue weighted by molar-refractivity contribution is 0.0702. The van der Waals surface area contributed by atoms with Gasteiger partial charge in [-0.1, -0.05) is 26.7 Å². The SMILES string of the molecule is CC1(C)CCCCC1NS(=O)(=O)c1cc(C(=O)O)sc1Br. The minimum atomic E-state index is -3.72. The topological polar surface area (TPSA) is 83.5 Å². The number of rotatable bonds is 4. The molecule has 0 bridgehead atoms. The number of aromatic carboxylic acids is 1. The predicted molar refractivity (Wildman–Crippen MR) is 85.3 cm³/mol. The Labute approximate surface area is 136 Å². The van der Waals surface area contributed by atoms with Crippen molar-refractivity contribution in [3.05, 3.63) is 14.7 Å². The van der Waals surface area contributed by atoms with Crippen LogP contribution in [-0.2, 0) is 10.0 Å². The predicted octanol–water partition coefficient (Wildman–Crippen LogP) is 3.46. The summed E-state index contributed by atoms with van der Waals surface area (Å²) in [5.41, 5.74) is -0.0938. The molecule has 0 spiro atoms. The van der Waals surface area contributed by atoms with Gasteiger partial charge in [-0.3, -0.25) is 0 Å². The van der Waals surface area contributed by atoms with Crippen molar-refractivity contribution in [2.45, 2.75) is 50.5 Å². The van der Waals surface area contributed by atoms with E-state index in [1.165, 1.54) is 6.07 Å². The minimum Gasteiger partial charge on any atom is -0.477 e. The Bertz CT molecular complexity index is 651. The summed E-state index contributed by atoms with van der Waals surface area (Å²) in [7, 11) is -3.72. The standard InChI is InChI=1S/C13H18BrNO4S2/c1-13(2)6-4-3-5-10(13)15-21(18,19)9-7-8(12(16)17)20-11(9)14/h7,10,15H,3-6H2,1-2H3,(H,16,17). The summed E-state index contributed by atoms with van der Waals surface area (Å²) in [6.07, 6.45) is 3.89. The number of hydrogen-bond acceptors (Lipinski definition) is 4. The number of carbonyl (C=O) groups is 1. The van der Waals surface area contributed by atoms with Crippen molar-refractivity contribution < 1.29 is 18.3 Å². The van der Waals surface area contributed by atoms with Crippen molar-refractivity contribution in [3.63, 3.8) is 0 Å². The van der Waals surface area contributed by atoms with Gasteiger partial charge >= 0.3 is 5.97 Å². The number of thiophene rings is 1. The van der Waals surface area contributed by atoms with E-state index < -0.39 is 16.0 Å². The summed E-state index contributed by atoms with van der Waals surface area (Å²) in [4.78, 5) is 11.0. The molecule has 2 rings (SSSR count). The van der Waals surface area contributed by atoms with Crippen LogP contribution >= 0.6 is 27.3 Å². The molecule has 118 valence electrons. The molecule has 1 aliphatic rings. The molecule has 1 aromatic rings. The molecule has 0 saturated heterocycles. The van der Waals surface area contributed by atoms with Crippen LogP contribution in [0.25, 0.3) is 0 Å². The number of carboxylic acids is 1. The van der Waals surface area contributed by atoms with Crippen LogP contribution in [0.4, 0.5) is 0 Å². The largest absolute Gasteiger partial charge is 0.477 e. The van der Waals surface area contributed by atoms with Gasteiger partial charge in [0.15, 0.2) is 0 Å². The van der Waals surface area contributed by atoms with Crippen LogP contribution in [-0.4, -0.2) is 25.5 Å². The molecule has 1 heterocycles. The molecule has 1 aliphatic carbocycles. The lowest BCUT2D eigenvalue weighted by atomic mass is 9.74. The first kappa shape index (κ1) is 16.9. The number of halogens is 1. The van der Waals surface area contributed by atoms with Crippen molar-refractivity contribution in [3.8, 4) is 0 Å².